The van der Waals surface area contributed by atoms with Crippen molar-refractivity contribution < 1.29 is 42.6 Å². The Morgan fingerprint density at radius 1 is 1.55 bits per heavy atom. The van der Waals surface area contributed by atoms with Crippen LogP contribution in [0, 0.1) is 5.41 Å². The molecule has 0 aliphatic heterocycles. The standard InChI is InChI=1S/C8H15O2.Y/c1-4-5-7(10)8(2,3)6-9;/h7,10H,4-5H2,1-3H3;/q-1;/t7-;/m1./s1. The Labute approximate surface area is 93.6 Å². The van der Waals surface area contributed by atoms with E-state index in [4.69, 9.17) is 0 Å². The van der Waals surface area contributed by atoms with Gasteiger partial charge in [0.05, 0.1) is 0 Å². The van der Waals surface area contributed by atoms with E-state index in [1.54, 1.807) is 13.8 Å². The van der Waals surface area contributed by atoms with E-state index in [-0.39, 0.29) is 32.7 Å². The molecule has 63 valence electrons. The minimum Gasteiger partial charge on any atom is -0.541 e. The van der Waals surface area contributed by atoms with E-state index >= 15 is 0 Å². The van der Waals surface area contributed by atoms with Crippen LogP contribution in [-0.4, -0.2) is 17.5 Å². The smallest absolute Gasteiger partial charge is 0.0351 e. The molecular formula is C8H15O2Y-. The monoisotopic (exact) mass is 232 g/mol. The summed E-state index contributed by atoms with van der Waals surface area (Å²) in [6.45, 7) is 5.37. The van der Waals surface area contributed by atoms with E-state index < -0.39 is 11.5 Å². The van der Waals surface area contributed by atoms with Crippen molar-refractivity contribution in [2.75, 3.05) is 0 Å². The van der Waals surface area contributed by atoms with Crippen LogP contribution in [0.5, 0.6) is 0 Å². The maximum atomic E-state index is 10.3. The molecule has 2 nitrogen and oxygen atoms in total. The average molecular weight is 232 g/mol. The molecule has 0 amide bonds. The van der Waals surface area contributed by atoms with Gasteiger partial charge in [0.25, 0.3) is 0 Å². The molecule has 11 heavy (non-hydrogen) atoms. The summed E-state index contributed by atoms with van der Waals surface area (Å²) in [7, 11) is 0. The van der Waals surface area contributed by atoms with Crippen molar-refractivity contribution in [1.82, 2.24) is 0 Å². The molecule has 0 aliphatic carbocycles. The number of hydrogen-bond donors (Lipinski definition) is 1. The molecule has 1 N–H and O–H groups in total. The quantitative estimate of drug-likeness (QED) is 0.741. The molecule has 0 rings (SSSR count). The van der Waals surface area contributed by atoms with Crippen LogP contribution in [0.25, 0.3) is 0 Å². The van der Waals surface area contributed by atoms with Gasteiger partial charge in [-0.1, -0.05) is 27.2 Å². The molecule has 0 fully saturated rings. The van der Waals surface area contributed by atoms with Crippen LogP contribution in [0.3, 0.4) is 0 Å². The maximum Gasteiger partial charge on any atom is 0.0351 e. The number of aliphatic hydroxyl groups is 1. The number of aliphatic hydroxyl groups excluding tert-OH is 1. The van der Waals surface area contributed by atoms with Crippen LogP contribution >= 0.6 is 0 Å². The van der Waals surface area contributed by atoms with Crippen molar-refractivity contribution in [3.8, 4) is 0 Å². The summed E-state index contributed by atoms with van der Waals surface area (Å²) >= 11 is 0. The zero-order valence-electron chi connectivity index (χ0n) is 7.42. The van der Waals surface area contributed by atoms with Gasteiger partial charge in [0.1, 0.15) is 0 Å². The van der Waals surface area contributed by atoms with Gasteiger partial charge < -0.3 is 9.90 Å². The largest absolute Gasteiger partial charge is 0.541 e. The fourth-order valence-electron chi connectivity index (χ4n) is 0.702. The van der Waals surface area contributed by atoms with Crippen molar-refractivity contribution in [3.05, 3.63) is 0 Å². The summed E-state index contributed by atoms with van der Waals surface area (Å²) in [6.07, 6.45) is 2.84. The normalized spacial score (nSPS) is 13.5. The minimum absolute atomic E-state index is 0. The Hall–Kier alpha value is 0.734. The SMILES string of the molecule is CCC[C@@H](O)C(C)(C)[C-]=O.[Y]. The van der Waals surface area contributed by atoms with Gasteiger partial charge >= 0.3 is 0 Å². The van der Waals surface area contributed by atoms with Gasteiger partial charge in [-0.15, -0.1) is 5.41 Å². The summed E-state index contributed by atoms with van der Waals surface area (Å²) < 4.78 is 0. The predicted octanol–water partition coefficient (Wildman–Crippen LogP) is 1.28. The molecule has 0 spiro atoms. The predicted molar refractivity (Wildman–Crippen MR) is 40.4 cm³/mol. The van der Waals surface area contributed by atoms with E-state index in [1.807, 2.05) is 13.2 Å². The number of rotatable bonds is 4. The summed E-state index contributed by atoms with van der Waals surface area (Å²) in [5, 5.41) is 9.31. The molecule has 3 heteroatoms. The summed E-state index contributed by atoms with van der Waals surface area (Å²) in [6, 6.07) is 0. The number of hydrogen-bond acceptors (Lipinski definition) is 2. The van der Waals surface area contributed by atoms with Gasteiger partial charge in [-0.2, -0.15) is 0 Å². The number of carbonyl (C=O) groups excluding carboxylic acids is 1. The zero-order valence-corrected chi connectivity index (χ0v) is 10.3. The third kappa shape index (κ3) is 5.05. The molecule has 0 saturated carbocycles. The Kier molecular flexibility index (Phi) is 8.14. The van der Waals surface area contributed by atoms with Crippen LogP contribution in [0.15, 0.2) is 0 Å². The molecule has 0 unspecified atom stereocenters. The topological polar surface area (TPSA) is 37.3 Å². The Morgan fingerprint density at radius 3 is 2.27 bits per heavy atom. The molecular weight excluding hydrogens is 217 g/mol. The maximum absolute atomic E-state index is 10.3. The fraction of sp³-hybridized carbons (Fsp3) is 0.875. The third-order valence-corrected chi connectivity index (χ3v) is 1.66. The van der Waals surface area contributed by atoms with Crippen LogP contribution < -0.4 is 0 Å². The second-order valence-electron chi connectivity index (χ2n) is 3.13. The average Bonchev–Trinajstić information content (AvgIpc) is 1.89. The van der Waals surface area contributed by atoms with Gasteiger partial charge in [0.2, 0.25) is 0 Å². The van der Waals surface area contributed by atoms with Crippen molar-refractivity contribution in [1.29, 1.82) is 0 Å². The minimum atomic E-state index is -0.698. The molecule has 0 aliphatic rings. The Bertz CT molecular complexity index is 113. The van der Waals surface area contributed by atoms with E-state index in [2.05, 4.69) is 0 Å². The van der Waals surface area contributed by atoms with Crippen molar-refractivity contribution in [3.63, 3.8) is 0 Å². The van der Waals surface area contributed by atoms with E-state index in [1.165, 1.54) is 0 Å². The van der Waals surface area contributed by atoms with Gasteiger partial charge in [0, 0.05) is 38.8 Å². The van der Waals surface area contributed by atoms with Gasteiger partial charge in [-0.05, 0) is 6.42 Å². The van der Waals surface area contributed by atoms with Gasteiger partial charge in [-0.25, -0.2) is 0 Å². The Morgan fingerprint density at radius 2 is 2.00 bits per heavy atom. The fourth-order valence-corrected chi connectivity index (χ4v) is 0.702. The first kappa shape index (κ1) is 14.3. The Balaban J connectivity index is 0. The van der Waals surface area contributed by atoms with Crippen molar-refractivity contribution in [2.24, 2.45) is 5.41 Å². The van der Waals surface area contributed by atoms with Gasteiger partial charge in [-0.3, -0.25) is 6.29 Å². The first-order valence-electron chi connectivity index (χ1n) is 3.62. The van der Waals surface area contributed by atoms with E-state index in [0.29, 0.717) is 6.42 Å². The second kappa shape index (κ2) is 6.27. The molecule has 0 aromatic heterocycles. The van der Waals surface area contributed by atoms with Crippen LogP contribution in [-0.2, 0) is 37.5 Å². The molecule has 1 atom stereocenters. The van der Waals surface area contributed by atoms with Crippen LogP contribution in [0.2, 0.25) is 0 Å². The summed E-state index contributed by atoms with van der Waals surface area (Å²) in [4.78, 5) is 10.3. The molecule has 0 aromatic rings. The second-order valence-corrected chi connectivity index (χ2v) is 3.13. The molecule has 0 bridgehead atoms. The van der Waals surface area contributed by atoms with E-state index in [9.17, 15) is 9.90 Å². The molecule has 1 radical (unpaired) electrons. The van der Waals surface area contributed by atoms with E-state index in [0.717, 1.165) is 6.42 Å². The van der Waals surface area contributed by atoms with Gasteiger partial charge in [0.15, 0.2) is 0 Å². The first-order chi connectivity index (χ1) is 4.54. The first-order valence-corrected chi connectivity index (χ1v) is 3.62. The van der Waals surface area contributed by atoms with Crippen molar-refractivity contribution in [2.45, 2.75) is 39.7 Å². The summed E-state index contributed by atoms with van der Waals surface area (Å²) in [5.41, 5.74) is -0.698. The molecule has 0 heterocycles. The molecule has 0 aromatic carbocycles. The van der Waals surface area contributed by atoms with Crippen LogP contribution in [0.1, 0.15) is 33.6 Å². The third-order valence-electron chi connectivity index (χ3n) is 1.66. The molecule has 0 saturated heterocycles. The van der Waals surface area contributed by atoms with Crippen LogP contribution in [0.4, 0.5) is 0 Å². The zero-order chi connectivity index (χ0) is 8.20. The summed E-state index contributed by atoms with van der Waals surface area (Å²) in [5.74, 6) is 0. The van der Waals surface area contributed by atoms with Crippen molar-refractivity contribution >= 4 is 6.29 Å².